The number of thiophene rings is 1. The average Bonchev–Trinajstić information content (AvgIpc) is 2.65. The van der Waals surface area contributed by atoms with Crippen LogP contribution in [0.25, 0.3) is 0 Å². The van der Waals surface area contributed by atoms with Gasteiger partial charge in [0.1, 0.15) is 0 Å². The van der Waals surface area contributed by atoms with Gasteiger partial charge in [-0.05, 0) is 18.4 Å². The van der Waals surface area contributed by atoms with E-state index in [1.54, 1.807) is 18.3 Å². The lowest BCUT2D eigenvalue weighted by Gasteiger charge is -2.09. The van der Waals surface area contributed by atoms with Gasteiger partial charge in [0, 0.05) is 4.88 Å². The molecule has 0 saturated heterocycles. The van der Waals surface area contributed by atoms with Crippen molar-refractivity contribution in [3.8, 4) is 0 Å². The normalized spacial score (nSPS) is 12.1. The second-order valence-electron chi connectivity index (χ2n) is 2.92. The Morgan fingerprint density at radius 1 is 1.79 bits per heavy atom. The van der Waals surface area contributed by atoms with Gasteiger partial charge < -0.3 is 11.1 Å². The molecule has 0 aliphatic carbocycles. The van der Waals surface area contributed by atoms with Gasteiger partial charge in [0.2, 0.25) is 5.91 Å². The van der Waals surface area contributed by atoms with Crippen LogP contribution in [0.1, 0.15) is 11.8 Å². The van der Waals surface area contributed by atoms with Crippen molar-refractivity contribution in [2.75, 3.05) is 0 Å². The molecule has 0 aromatic carbocycles. The van der Waals surface area contributed by atoms with E-state index < -0.39 is 5.92 Å². The molecule has 1 aromatic heterocycles. The number of nitrogens with two attached hydrogens (primary N) is 1. The molecule has 14 heavy (non-hydrogen) atoms. The van der Waals surface area contributed by atoms with Gasteiger partial charge in [-0.1, -0.05) is 18.3 Å². The van der Waals surface area contributed by atoms with Gasteiger partial charge in [-0.15, -0.1) is 11.3 Å². The van der Waals surface area contributed by atoms with Crippen molar-refractivity contribution in [3.63, 3.8) is 0 Å². The Morgan fingerprint density at radius 2 is 2.50 bits per heavy atom. The molecule has 0 bridgehead atoms. The molecular formula is C9H12N2OS2. The van der Waals surface area contributed by atoms with E-state index in [-0.39, 0.29) is 10.9 Å². The van der Waals surface area contributed by atoms with E-state index >= 15 is 0 Å². The van der Waals surface area contributed by atoms with Crippen LogP contribution in [-0.2, 0) is 11.3 Å². The fourth-order valence-corrected chi connectivity index (χ4v) is 1.62. The van der Waals surface area contributed by atoms with Gasteiger partial charge in [-0.3, -0.25) is 4.79 Å². The molecule has 0 fully saturated rings. The molecule has 0 spiro atoms. The standard InChI is InChI=1S/C9H12N2OS2/c1-6(8(10)13)9(12)11-5-7-3-2-4-14-7/h2-4,6H,5H2,1H3,(H2,10,13)(H,11,12). The quantitative estimate of drug-likeness (QED) is 0.763. The number of amides is 1. The topological polar surface area (TPSA) is 55.1 Å². The van der Waals surface area contributed by atoms with Crippen molar-refractivity contribution in [2.24, 2.45) is 11.7 Å². The highest BCUT2D eigenvalue weighted by molar-refractivity contribution is 7.80. The smallest absolute Gasteiger partial charge is 0.229 e. The lowest BCUT2D eigenvalue weighted by molar-refractivity contribution is -0.122. The molecule has 1 aromatic rings. The molecular weight excluding hydrogens is 216 g/mol. The maximum Gasteiger partial charge on any atom is 0.229 e. The van der Waals surface area contributed by atoms with Crippen molar-refractivity contribution in [3.05, 3.63) is 22.4 Å². The molecule has 3 N–H and O–H groups in total. The Balaban J connectivity index is 2.39. The van der Waals surface area contributed by atoms with Crippen molar-refractivity contribution in [1.82, 2.24) is 5.32 Å². The van der Waals surface area contributed by atoms with Gasteiger partial charge in [0.15, 0.2) is 0 Å². The Morgan fingerprint density at radius 3 is 3.00 bits per heavy atom. The third-order valence-electron chi connectivity index (χ3n) is 1.84. The average molecular weight is 228 g/mol. The number of carbonyl (C=O) groups excluding carboxylic acids is 1. The van der Waals surface area contributed by atoms with Crippen molar-refractivity contribution in [1.29, 1.82) is 0 Å². The first kappa shape index (κ1) is 11.1. The van der Waals surface area contributed by atoms with Crippen LogP contribution in [0.15, 0.2) is 17.5 Å². The largest absolute Gasteiger partial charge is 0.393 e. The van der Waals surface area contributed by atoms with Crippen molar-refractivity contribution >= 4 is 34.5 Å². The Bertz CT molecular complexity index is 322. The summed E-state index contributed by atoms with van der Waals surface area (Å²) in [6, 6.07) is 3.92. The lowest BCUT2D eigenvalue weighted by atomic mass is 10.1. The number of rotatable bonds is 4. The van der Waals surface area contributed by atoms with E-state index in [0.717, 1.165) is 4.88 Å². The van der Waals surface area contributed by atoms with Crippen LogP contribution in [0.4, 0.5) is 0 Å². The number of nitrogens with one attached hydrogen (secondary N) is 1. The van der Waals surface area contributed by atoms with Gasteiger partial charge in [0.05, 0.1) is 17.5 Å². The van der Waals surface area contributed by atoms with Gasteiger partial charge >= 0.3 is 0 Å². The predicted molar refractivity (Wildman–Crippen MR) is 62.1 cm³/mol. The summed E-state index contributed by atoms with van der Waals surface area (Å²) in [5.74, 6) is -0.518. The number of hydrogen-bond donors (Lipinski definition) is 2. The Hall–Kier alpha value is -0.940. The summed E-state index contributed by atoms with van der Waals surface area (Å²) in [7, 11) is 0. The fraction of sp³-hybridized carbons (Fsp3) is 0.333. The number of hydrogen-bond acceptors (Lipinski definition) is 3. The molecule has 0 aliphatic rings. The summed E-state index contributed by atoms with van der Waals surface area (Å²) in [5.41, 5.74) is 5.36. The molecule has 76 valence electrons. The third kappa shape index (κ3) is 3.08. The van der Waals surface area contributed by atoms with Gasteiger partial charge in [-0.25, -0.2) is 0 Å². The van der Waals surface area contributed by atoms with Crippen LogP contribution in [-0.4, -0.2) is 10.9 Å². The first-order valence-electron chi connectivity index (χ1n) is 4.20. The summed E-state index contributed by atoms with van der Waals surface area (Å²) in [6.07, 6.45) is 0. The highest BCUT2D eigenvalue weighted by Crippen LogP contribution is 2.07. The van der Waals surface area contributed by atoms with Crippen LogP contribution in [0.2, 0.25) is 0 Å². The van der Waals surface area contributed by atoms with E-state index in [0.29, 0.717) is 6.54 Å². The molecule has 3 nitrogen and oxygen atoms in total. The minimum atomic E-state index is -0.398. The zero-order chi connectivity index (χ0) is 10.6. The first-order chi connectivity index (χ1) is 6.61. The highest BCUT2D eigenvalue weighted by Gasteiger charge is 2.14. The van der Waals surface area contributed by atoms with E-state index in [2.05, 4.69) is 5.32 Å². The maximum absolute atomic E-state index is 11.4. The van der Waals surface area contributed by atoms with E-state index in [4.69, 9.17) is 18.0 Å². The van der Waals surface area contributed by atoms with Gasteiger partial charge in [-0.2, -0.15) is 0 Å². The zero-order valence-corrected chi connectivity index (χ0v) is 9.45. The van der Waals surface area contributed by atoms with E-state index in [1.807, 2.05) is 17.5 Å². The summed E-state index contributed by atoms with van der Waals surface area (Å²) < 4.78 is 0. The van der Waals surface area contributed by atoms with Crippen LogP contribution >= 0.6 is 23.6 Å². The van der Waals surface area contributed by atoms with Gasteiger partial charge in [0.25, 0.3) is 0 Å². The van der Waals surface area contributed by atoms with Crippen molar-refractivity contribution < 1.29 is 4.79 Å². The van der Waals surface area contributed by atoms with E-state index in [9.17, 15) is 4.79 Å². The fourth-order valence-electron chi connectivity index (χ4n) is 0.870. The molecule has 0 radical (unpaired) electrons. The van der Waals surface area contributed by atoms with Crippen LogP contribution < -0.4 is 11.1 Å². The first-order valence-corrected chi connectivity index (χ1v) is 5.49. The van der Waals surface area contributed by atoms with Crippen LogP contribution in [0.5, 0.6) is 0 Å². The van der Waals surface area contributed by atoms with E-state index in [1.165, 1.54) is 0 Å². The minimum absolute atomic E-state index is 0.120. The Labute approximate surface area is 92.3 Å². The highest BCUT2D eigenvalue weighted by atomic mass is 32.1. The monoisotopic (exact) mass is 228 g/mol. The van der Waals surface area contributed by atoms with Crippen LogP contribution in [0.3, 0.4) is 0 Å². The Kier molecular flexibility index (Phi) is 4.03. The summed E-state index contributed by atoms with van der Waals surface area (Å²) in [6.45, 7) is 2.25. The number of thiocarbonyl (C=S) groups is 1. The maximum atomic E-state index is 11.4. The second kappa shape index (κ2) is 5.07. The lowest BCUT2D eigenvalue weighted by Crippen LogP contribution is -2.35. The molecule has 1 heterocycles. The SMILES string of the molecule is CC(C(=O)NCc1cccs1)C(N)=S. The molecule has 1 atom stereocenters. The minimum Gasteiger partial charge on any atom is -0.393 e. The molecule has 5 heteroatoms. The summed E-state index contributed by atoms with van der Waals surface area (Å²) >= 11 is 6.33. The summed E-state index contributed by atoms with van der Waals surface area (Å²) in [5, 5.41) is 4.74. The molecule has 0 saturated carbocycles. The second-order valence-corrected chi connectivity index (χ2v) is 4.42. The third-order valence-corrected chi connectivity index (χ3v) is 3.07. The van der Waals surface area contributed by atoms with Crippen molar-refractivity contribution in [2.45, 2.75) is 13.5 Å². The molecule has 1 amide bonds. The predicted octanol–water partition coefficient (Wildman–Crippen LogP) is 1.29. The zero-order valence-electron chi connectivity index (χ0n) is 7.82. The number of carbonyl (C=O) groups is 1. The molecule has 1 unspecified atom stereocenters. The summed E-state index contributed by atoms with van der Waals surface area (Å²) in [4.78, 5) is 12.8. The molecule has 0 aliphatic heterocycles. The van der Waals surface area contributed by atoms with Crippen LogP contribution in [0, 0.1) is 5.92 Å². The molecule has 1 rings (SSSR count).